The number of rotatable bonds is 7. The highest BCUT2D eigenvalue weighted by molar-refractivity contribution is 6.31. The molecule has 3 aliphatic carbocycles. The molecule has 34 heavy (non-hydrogen) atoms. The van der Waals surface area contributed by atoms with Gasteiger partial charge in [0.15, 0.2) is 18.5 Å². The second-order valence-electron chi connectivity index (χ2n) is 10.1. The summed E-state index contributed by atoms with van der Waals surface area (Å²) in [6.07, 6.45) is 1.92. The molecular formula is C25H24Cl2FNO5. The zero-order valence-electron chi connectivity index (χ0n) is 18.5. The van der Waals surface area contributed by atoms with Gasteiger partial charge in [-0.1, -0.05) is 23.2 Å². The molecule has 2 aromatic rings. The third-order valence-electron chi connectivity index (χ3n) is 7.09. The zero-order chi connectivity index (χ0) is 24.3. The molecule has 1 aliphatic heterocycles. The molecule has 4 aliphatic rings. The third kappa shape index (κ3) is 4.25. The van der Waals surface area contributed by atoms with Gasteiger partial charge < -0.3 is 19.9 Å². The fourth-order valence-corrected chi connectivity index (χ4v) is 6.01. The Morgan fingerprint density at radius 3 is 2.65 bits per heavy atom. The first-order valence-electron chi connectivity index (χ1n) is 11.1. The predicted molar refractivity (Wildman–Crippen MR) is 124 cm³/mol. The van der Waals surface area contributed by atoms with Crippen molar-refractivity contribution in [2.45, 2.75) is 56.3 Å². The fraction of sp³-hybridized carbons (Fsp3) is 0.440. The van der Waals surface area contributed by atoms with E-state index in [9.17, 15) is 19.1 Å². The number of hydrogen-bond donors (Lipinski definition) is 2. The minimum atomic E-state index is -1.21. The molecule has 6 rings (SSSR count). The van der Waals surface area contributed by atoms with Gasteiger partial charge in [0, 0.05) is 35.0 Å². The number of carbonyl (C=O) groups excluding carboxylic acids is 2. The quantitative estimate of drug-likeness (QED) is 0.573. The summed E-state index contributed by atoms with van der Waals surface area (Å²) in [5.74, 6) is -0.253. The Hall–Kier alpha value is -2.35. The highest BCUT2D eigenvalue weighted by Gasteiger charge is 2.68. The number of amides is 1. The van der Waals surface area contributed by atoms with Crippen LogP contribution in [0.3, 0.4) is 0 Å². The highest BCUT2D eigenvalue weighted by Crippen LogP contribution is 2.69. The zero-order valence-corrected chi connectivity index (χ0v) is 20.0. The van der Waals surface area contributed by atoms with Crippen LogP contribution in [0.15, 0.2) is 36.4 Å². The number of ether oxygens (including phenoxy) is 2. The Morgan fingerprint density at radius 2 is 1.94 bits per heavy atom. The Kier molecular flexibility index (Phi) is 5.58. The molecule has 2 bridgehead atoms. The number of carbonyl (C=O) groups is 2. The Balaban J connectivity index is 1.12. The van der Waals surface area contributed by atoms with Crippen molar-refractivity contribution in [2.75, 3.05) is 6.61 Å². The standard InChI is InChI=1S/C25H24Cl2FNO5/c1-23(32)9-21(34-20-5-2-14(26)6-16(20)23)19(30)8-24-11-25(12-24,13-24)29-22(31)10-33-15-3-4-17(27)18(28)7-15/h2-7,21,32H,8-13H2,1H3,(H,29,31)/t21-,23+,24?,25?/m1/s1. The molecule has 0 radical (unpaired) electrons. The summed E-state index contributed by atoms with van der Waals surface area (Å²) < 4.78 is 24.7. The average Bonchev–Trinajstić information content (AvgIpc) is 2.72. The molecule has 0 aromatic heterocycles. The molecule has 3 saturated carbocycles. The predicted octanol–water partition coefficient (Wildman–Crippen LogP) is 4.57. The second-order valence-corrected chi connectivity index (χ2v) is 10.9. The van der Waals surface area contributed by atoms with Gasteiger partial charge in [-0.05, 0) is 61.9 Å². The highest BCUT2D eigenvalue weighted by atomic mass is 35.5. The minimum absolute atomic E-state index is 0.0126. The first-order chi connectivity index (χ1) is 16.0. The van der Waals surface area contributed by atoms with Crippen LogP contribution in [0, 0.1) is 11.2 Å². The van der Waals surface area contributed by atoms with Crippen LogP contribution in [-0.2, 0) is 15.2 Å². The van der Waals surface area contributed by atoms with Crippen LogP contribution >= 0.6 is 23.2 Å². The van der Waals surface area contributed by atoms with Gasteiger partial charge in [0.1, 0.15) is 17.3 Å². The van der Waals surface area contributed by atoms with E-state index in [0.29, 0.717) is 42.0 Å². The average molecular weight is 508 g/mol. The number of ketones is 1. The lowest BCUT2D eigenvalue weighted by molar-refractivity contribution is -0.176. The van der Waals surface area contributed by atoms with Gasteiger partial charge in [-0.2, -0.15) is 0 Å². The van der Waals surface area contributed by atoms with Gasteiger partial charge in [-0.15, -0.1) is 0 Å². The molecule has 1 heterocycles. The lowest BCUT2D eigenvalue weighted by atomic mass is 9.38. The van der Waals surface area contributed by atoms with Gasteiger partial charge >= 0.3 is 0 Å². The van der Waals surface area contributed by atoms with E-state index in [1.165, 1.54) is 12.1 Å². The van der Waals surface area contributed by atoms with Crippen molar-refractivity contribution < 1.29 is 28.6 Å². The normalized spacial score (nSPS) is 30.8. The number of fused-ring (bicyclic) bond motifs is 1. The van der Waals surface area contributed by atoms with Crippen LogP contribution < -0.4 is 14.8 Å². The first kappa shape index (κ1) is 23.4. The summed E-state index contributed by atoms with van der Waals surface area (Å²) >= 11 is 11.7. The molecule has 0 saturated heterocycles. The van der Waals surface area contributed by atoms with E-state index in [1.54, 1.807) is 25.1 Å². The van der Waals surface area contributed by atoms with Crippen molar-refractivity contribution >= 4 is 34.9 Å². The van der Waals surface area contributed by atoms with Crippen molar-refractivity contribution in [3.05, 3.63) is 57.8 Å². The lowest BCUT2D eigenvalue weighted by Gasteiger charge is -2.70. The maximum Gasteiger partial charge on any atom is 0.258 e. The molecule has 2 aromatic carbocycles. The van der Waals surface area contributed by atoms with Gasteiger partial charge in [0.2, 0.25) is 0 Å². The minimum Gasteiger partial charge on any atom is -0.484 e. The molecule has 3 fully saturated rings. The van der Waals surface area contributed by atoms with Gasteiger partial charge in [-0.25, -0.2) is 4.39 Å². The smallest absolute Gasteiger partial charge is 0.258 e. The van der Waals surface area contributed by atoms with Gasteiger partial charge in [-0.3, -0.25) is 9.59 Å². The second kappa shape index (κ2) is 8.11. The molecule has 6 nitrogen and oxygen atoms in total. The fourth-order valence-electron chi connectivity index (χ4n) is 5.72. The van der Waals surface area contributed by atoms with E-state index < -0.39 is 17.5 Å². The number of aliphatic hydroxyl groups is 1. The summed E-state index contributed by atoms with van der Waals surface area (Å²) in [7, 11) is 0. The number of nitrogens with one attached hydrogen (secondary N) is 1. The maximum absolute atomic E-state index is 13.5. The van der Waals surface area contributed by atoms with E-state index >= 15 is 0 Å². The largest absolute Gasteiger partial charge is 0.484 e. The van der Waals surface area contributed by atoms with E-state index in [4.69, 9.17) is 32.7 Å². The molecule has 2 atom stereocenters. The molecule has 9 heteroatoms. The van der Waals surface area contributed by atoms with Crippen molar-refractivity contribution in [3.63, 3.8) is 0 Å². The molecule has 0 unspecified atom stereocenters. The monoisotopic (exact) mass is 507 g/mol. The summed E-state index contributed by atoms with van der Waals surface area (Å²) in [5.41, 5.74) is -1.07. The van der Waals surface area contributed by atoms with Gasteiger partial charge in [0.05, 0.1) is 10.6 Å². The van der Waals surface area contributed by atoms with E-state index in [1.807, 2.05) is 0 Å². The Labute approximate surface area is 206 Å². The number of hydrogen-bond acceptors (Lipinski definition) is 5. The van der Waals surface area contributed by atoms with Crippen molar-refractivity contribution in [1.29, 1.82) is 0 Å². The molecule has 1 amide bonds. The molecular weight excluding hydrogens is 484 g/mol. The Bertz CT molecular complexity index is 1160. The van der Waals surface area contributed by atoms with Crippen LogP contribution in [0.4, 0.5) is 4.39 Å². The summed E-state index contributed by atoms with van der Waals surface area (Å²) in [5, 5.41) is 14.3. The van der Waals surface area contributed by atoms with Gasteiger partial charge in [0.25, 0.3) is 5.91 Å². The van der Waals surface area contributed by atoms with Crippen LogP contribution in [0.1, 0.15) is 44.6 Å². The van der Waals surface area contributed by atoms with Crippen molar-refractivity contribution in [3.8, 4) is 11.5 Å². The first-order valence-corrected chi connectivity index (χ1v) is 11.8. The van der Waals surface area contributed by atoms with Crippen LogP contribution in [0.5, 0.6) is 11.5 Å². The van der Waals surface area contributed by atoms with E-state index in [-0.39, 0.29) is 46.4 Å². The van der Waals surface area contributed by atoms with Crippen LogP contribution in [0.25, 0.3) is 0 Å². The van der Waals surface area contributed by atoms with Crippen molar-refractivity contribution in [2.24, 2.45) is 5.41 Å². The SMILES string of the molecule is C[C@]1(O)C[C@H](C(=O)CC23CC(NC(=O)COc4ccc(Cl)c(F)c4)(C2)C3)Oc2ccc(Cl)cc21. The van der Waals surface area contributed by atoms with Crippen molar-refractivity contribution in [1.82, 2.24) is 5.32 Å². The summed E-state index contributed by atoms with van der Waals surface area (Å²) in [6, 6.07) is 9.02. The number of halogens is 3. The van der Waals surface area contributed by atoms with E-state index in [2.05, 4.69) is 5.32 Å². The van der Waals surface area contributed by atoms with E-state index in [0.717, 1.165) is 6.07 Å². The topological polar surface area (TPSA) is 84.9 Å². The van der Waals surface area contributed by atoms with Crippen LogP contribution in [-0.4, -0.2) is 35.0 Å². The number of Topliss-reactive ketones (excluding diaryl/α,β-unsaturated/α-hetero) is 1. The molecule has 0 spiro atoms. The summed E-state index contributed by atoms with van der Waals surface area (Å²) in [6.45, 7) is 1.43. The molecule has 180 valence electrons. The summed E-state index contributed by atoms with van der Waals surface area (Å²) in [4.78, 5) is 25.3. The maximum atomic E-state index is 13.5. The van der Waals surface area contributed by atoms with Crippen LogP contribution in [0.2, 0.25) is 10.0 Å². The Morgan fingerprint density at radius 1 is 1.21 bits per heavy atom. The number of benzene rings is 2. The molecule has 2 N–H and O–H groups in total. The lowest BCUT2D eigenvalue weighted by Crippen LogP contribution is -2.75. The third-order valence-corrected chi connectivity index (χ3v) is 7.63.